The average Bonchev–Trinajstić information content (AvgIpc) is 1.29. The van der Waals surface area contributed by atoms with Crippen LogP contribution in [0.5, 0.6) is 0 Å². The van der Waals surface area contributed by atoms with E-state index in [2.05, 4.69) is 330 Å². The minimum atomic E-state index is -0.916. The molecule has 0 radical (unpaired) electrons. The fourth-order valence-corrected chi connectivity index (χ4v) is 28.2. The number of pyridine rings is 5. The monoisotopic (exact) mass is 1830 g/mol. The maximum Gasteiger partial charge on any atom is 0.227 e. The van der Waals surface area contributed by atoms with Gasteiger partial charge in [0.1, 0.15) is 0 Å². The topological polar surface area (TPSA) is 153 Å². The Morgan fingerprint density at radius 3 is 1.15 bits per heavy atom. The number of furan rings is 5. The molecule has 7 aromatic carbocycles. The quantitative estimate of drug-likeness (QED) is 0.160. The summed E-state index contributed by atoms with van der Waals surface area (Å²) in [6.07, 6.45) is 11.9. The smallest absolute Gasteiger partial charge is 0.227 e. The SMILES string of the molecule is Cc1ccc2c(n1)oc1c(N3C(C)C4(C)CCC3(C)C(C)C4C)c(C)ccc12.Cc1ccc2c(n1)oc1c(N3C(C)C4(C)CCC3(C)c3ccccc34)c(C)ccc12.Cc1ccc2c(n1)oc1c(N3C(C)N4CCC3(C)CC4)c(C)ccc12.Cc1ccc2c(n1)oc1c(N3C(C)N4CCC3(C)CC4C)c(C)ccc12.[2H]C12CCC([2H])(c3ccccc31)N(c1c(C)ccc3c1oc1nc(C)ccc13)C2C. The van der Waals surface area contributed by atoms with Crippen molar-refractivity contribution in [3.8, 4) is 0 Å². The Morgan fingerprint density at radius 2 is 0.715 bits per heavy atom. The van der Waals surface area contributed by atoms with Crippen molar-refractivity contribution in [2.45, 2.75) is 306 Å². The van der Waals surface area contributed by atoms with Crippen LogP contribution in [0.25, 0.3) is 110 Å². The van der Waals surface area contributed by atoms with Gasteiger partial charge in [-0.15, -0.1) is 0 Å². The molecule has 1 saturated carbocycles. The van der Waals surface area contributed by atoms with Crippen LogP contribution < -0.4 is 24.5 Å². The number of nitrogens with zero attached hydrogens (tertiary/aromatic N) is 12. The largest absolute Gasteiger partial charge is 0.436 e. The highest BCUT2D eigenvalue weighted by molar-refractivity contribution is 6.13. The first kappa shape index (κ1) is 86.8. The molecule has 16 unspecified atom stereocenters. The predicted octanol–water partition coefficient (Wildman–Crippen LogP) is 29.5. The van der Waals surface area contributed by atoms with Gasteiger partial charge in [0.2, 0.25) is 28.6 Å². The van der Waals surface area contributed by atoms with Gasteiger partial charge in [0.15, 0.2) is 27.9 Å². The van der Waals surface area contributed by atoms with Gasteiger partial charge in [0.25, 0.3) is 0 Å². The van der Waals surface area contributed by atoms with Crippen LogP contribution in [0.15, 0.2) is 192 Å². The Labute approximate surface area is 809 Å². The average molecular weight is 1830 g/mol. The van der Waals surface area contributed by atoms with Crippen LogP contribution >= 0.6 is 0 Å². The van der Waals surface area contributed by atoms with E-state index in [1.807, 2.05) is 65.0 Å². The summed E-state index contributed by atoms with van der Waals surface area (Å²) in [5.74, 6) is 0.619. The summed E-state index contributed by atoms with van der Waals surface area (Å²) in [5.41, 5.74) is 31.3. The van der Waals surface area contributed by atoms with Crippen molar-refractivity contribution in [2.24, 2.45) is 17.3 Å². The molecule has 17 aromatic rings. The molecule has 706 valence electrons. The lowest BCUT2D eigenvalue weighted by atomic mass is 9.50. The van der Waals surface area contributed by atoms with Crippen LogP contribution in [0.3, 0.4) is 0 Å². The molecule has 15 aliphatic rings. The minimum absolute atomic E-state index is 0.0465. The second kappa shape index (κ2) is 31.9. The third-order valence-electron chi connectivity index (χ3n) is 36.6. The second-order valence-corrected chi connectivity index (χ2v) is 44.5. The zero-order valence-electron chi connectivity index (χ0n) is 86.9. The number of hydrogen-bond donors (Lipinski definition) is 0. The number of benzene rings is 7. The van der Waals surface area contributed by atoms with Crippen LogP contribution in [0.4, 0.5) is 28.4 Å². The summed E-state index contributed by atoms with van der Waals surface area (Å²) in [6.45, 7) is 58.1. The minimum Gasteiger partial charge on any atom is -0.436 e. The number of fused-ring (bicyclic) bond motifs is 28. The fourth-order valence-electron chi connectivity index (χ4n) is 28.2. The van der Waals surface area contributed by atoms with Gasteiger partial charge in [0.05, 0.1) is 53.7 Å². The number of aryl methyl sites for hydroxylation is 10. The Morgan fingerprint density at radius 1 is 0.336 bits per heavy atom. The Hall–Kier alpha value is -11.8. The first-order valence-corrected chi connectivity index (χ1v) is 50.9. The van der Waals surface area contributed by atoms with Gasteiger partial charge < -0.3 is 46.6 Å². The molecule has 3 aliphatic carbocycles. The number of rotatable bonds is 5. The second-order valence-electron chi connectivity index (χ2n) is 44.5. The van der Waals surface area contributed by atoms with Crippen LogP contribution in [0, 0.1) is 86.5 Å². The molecule has 10 bridgehead atoms. The van der Waals surface area contributed by atoms with Gasteiger partial charge in [-0.25, -0.2) is 24.9 Å². The lowest BCUT2D eigenvalue weighted by Gasteiger charge is -2.68. The van der Waals surface area contributed by atoms with Crippen LogP contribution in [0.2, 0.25) is 0 Å². The van der Waals surface area contributed by atoms with Crippen molar-refractivity contribution in [2.75, 3.05) is 44.1 Å². The van der Waals surface area contributed by atoms with Gasteiger partial charge in [-0.05, 0) is 331 Å². The standard InChI is InChI=1S/C27H28N2O.C25H24N2O.C25H32N2O.C22H27N3O.C21H25N3O/c1-16-10-12-19-20-13-11-17(2)28-25(20)30-24(19)23(16)29-18(3)26(4)14-15-27(29,5)22-9-7-6-8-21(22)26;1-14-8-10-20-21-11-9-15(2)26-25(21)28-24(20)23(14)27-16(3)17-12-13-22(27)19-7-5-4-6-18(17)19;1-14-8-10-19-20-11-9-15(2)26-23(20)28-22(19)21(14)27-18(5)24(6)12-13-25(27,7)17(4)16(24)3;1-13-6-8-17-18-9-7-14(2)23-21(18)26-20(17)19(13)25-16(4)24-11-10-22(25,5)12-15(24)3;1-13-5-7-16-17-8-6-14(2)22-20(17)25-19(16)18(13)24-15(3)23-11-9-21(24,4)10-12-23/h6-13,18H,14-15H2,1-5H3;4-11,16-17,22H,12-13H2,1-3H3;8-11,16-18H,12-13H2,1-7H3;6-9,15-16H,10-12H2,1-5H3;5-8,15H,9-12H2,1-4H3/i;17D,22D;;;. The Balaban J connectivity index is 0.0000000973. The van der Waals surface area contributed by atoms with Crippen LogP contribution in [-0.2, 0) is 11.0 Å². The van der Waals surface area contributed by atoms with Gasteiger partial charge in [-0.2, -0.15) is 0 Å². The van der Waals surface area contributed by atoms with Gasteiger partial charge >= 0.3 is 0 Å². The number of anilines is 5. The summed E-state index contributed by atoms with van der Waals surface area (Å²) in [7, 11) is 0. The van der Waals surface area contributed by atoms with Crippen LogP contribution in [0.1, 0.15) is 254 Å². The highest BCUT2D eigenvalue weighted by Crippen LogP contribution is 2.64. The summed E-state index contributed by atoms with van der Waals surface area (Å²) < 4.78 is 50.9. The van der Waals surface area contributed by atoms with Crippen LogP contribution in [-0.4, -0.2) is 107 Å². The third-order valence-corrected chi connectivity index (χ3v) is 36.6. The van der Waals surface area contributed by atoms with Crippen molar-refractivity contribution in [1.29, 1.82) is 0 Å². The molecule has 137 heavy (non-hydrogen) atoms. The third kappa shape index (κ3) is 13.2. The number of hydrogen-bond acceptors (Lipinski definition) is 17. The molecule has 17 nitrogen and oxygen atoms in total. The van der Waals surface area contributed by atoms with E-state index >= 15 is 0 Å². The number of piperidine rings is 6. The lowest BCUT2D eigenvalue weighted by molar-refractivity contribution is -0.0523. The van der Waals surface area contributed by atoms with Crippen molar-refractivity contribution < 1.29 is 24.8 Å². The van der Waals surface area contributed by atoms with E-state index in [1.54, 1.807) is 0 Å². The van der Waals surface area contributed by atoms with E-state index < -0.39 is 11.9 Å². The summed E-state index contributed by atoms with van der Waals surface area (Å²) in [6, 6.07) is 60.4. The normalized spacial score (nSPS) is 30.6. The Kier molecular flexibility index (Phi) is 20.2. The summed E-state index contributed by atoms with van der Waals surface area (Å²) >= 11 is 0. The first-order valence-electron chi connectivity index (χ1n) is 51.9. The molecule has 0 amide bonds. The maximum atomic E-state index is 9.63. The van der Waals surface area contributed by atoms with Gasteiger partial charge in [-0.1, -0.05) is 137 Å². The van der Waals surface area contributed by atoms with Crippen molar-refractivity contribution in [3.63, 3.8) is 0 Å². The first-order chi connectivity index (χ1) is 66.2. The summed E-state index contributed by atoms with van der Waals surface area (Å²) in [5, 5.41) is 11.2. The van der Waals surface area contributed by atoms with Gasteiger partial charge in [-0.3, -0.25) is 9.80 Å². The lowest BCUT2D eigenvalue weighted by Crippen LogP contribution is -2.72. The maximum absolute atomic E-state index is 9.63. The predicted molar refractivity (Wildman–Crippen MR) is 563 cm³/mol. The van der Waals surface area contributed by atoms with E-state index in [9.17, 15) is 2.74 Å². The van der Waals surface area contributed by atoms with E-state index in [0.717, 1.165) is 152 Å². The van der Waals surface area contributed by atoms with E-state index in [1.165, 1.54) is 137 Å². The fraction of sp³-hybridized carbons (Fsp3) is 0.442. The molecule has 22 heterocycles. The molecule has 0 N–H and O–H groups in total. The zero-order chi connectivity index (χ0) is 97.2. The molecule has 10 saturated heterocycles. The van der Waals surface area contributed by atoms with E-state index in [-0.39, 0.29) is 33.6 Å². The van der Waals surface area contributed by atoms with E-state index in [0.29, 0.717) is 60.3 Å². The van der Waals surface area contributed by atoms with Crippen molar-refractivity contribution in [3.05, 3.63) is 248 Å². The zero-order valence-corrected chi connectivity index (χ0v) is 84.9. The molecular formula is C120H136N12O5. The van der Waals surface area contributed by atoms with Crippen molar-refractivity contribution in [1.82, 2.24) is 34.7 Å². The molecule has 0 spiro atoms. The molecule has 32 rings (SSSR count). The van der Waals surface area contributed by atoms with Gasteiger partial charge in [0, 0.05) is 155 Å². The molecule has 17 heteroatoms. The Bertz CT molecular complexity index is 7710. The number of aromatic nitrogens is 5. The molecular weight excluding hydrogens is 1690 g/mol. The summed E-state index contributed by atoms with van der Waals surface area (Å²) in [4.78, 5) is 41.2. The molecule has 10 aromatic heterocycles. The van der Waals surface area contributed by atoms with E-state index in [4.69, 9.17) is 22.1 Å². The molecule has 16 atom stereocenters. The van der Waals surface area contributed by atoms with Crippen molar-refractivity contribution >= 4 is 139 Å². The molecule has 11 fully saturated rings. The highest BCUT2D eigenvalue weighted by Gasteiger charge is 2.62. The molecule has 12 aliphatic heterocycles. The highest BCUT2D eigenvalue weighted by atomic mass is 16.4.